The summed E-state index contributed by atoms with van der Waals surface area (Å²) in [6.45, 7) is 6.22. The van der Waals surface area contributed by atoms with Crippen molar-refractivity contribution in [2.24, 2.45) is 5.41 Å². The Kier molecular flexibility index (Phi) is 5.84. The molecule has 1 aromatic carbocycles. The van der Waals surface area contributed by atoms with Crippen LogP contribution in [0.3, 0.4) is 0 Å². The lowest BCUT2D eigenvalue weighted by Gasteiger charge is -2.17. The van der Waals surface area contributed by atoms with Crippen LogP contribution in [-0.2, 0) is 4.79 Å². The molecule has 2 amide bonds. The van der Waals surface area contributed by atoms with Crippen molar-refractivity contribution in [3.8, 4) is 0 Å². The van der Waals surface area contributed by atoms with E-state index in [2.05, 4.69) is 10.6 Å². The lowest BCUT2D eigenvalue weighted by atomic mass is 9.96. The Balaban J connectivity index is 2.41. The van der Waals surface area contributed by atoms with Crippen LogP contribution in [0.5, 0.6) is 0 Å². The highest BCUT2D eigenvalue weighted by Gasteiger charge is 2.20. The van der Waals surface area contributed by atoms with Crippen LogP contribution in [0, 0.1) is 5.41 Å². The molecule has 2 N–H and O–H groups in total. The molecule has 4 nitrogen and oxygen atoms in total. The summed E-state index contributed by atoms with van der Waals surface area (Å²) in [5.41, 5.74) is -0.00480. The molecule has 20 heavy (non-hydrogen) atoms. The van der Waals surface area contributed by atoms with Crippen molar-refractivity contribution in [2.75, 3.05) is 13.1 Å². The molecule has 1 rings (SSSR count). The van der Waals surface area contributed by atoms with Gasteiger partial charge in [-0.1, -0.05) is 44.0 Å². The third kappa shape index (κ3) is 5.02. The largest absolute Gasteiger partial charge is 0.354 e. The molecular weight excluding hydrogens is 299 g/mol. The van der Waals surface area contributed by atoms with Crippen molar-refractivity contribution >= 4 is 35.0 Å². The van der Waals surface area contributed by atoms with E-state index >= 15 is 0 Å². The highest BCUT2D eigenvalue weighted by molar-refractivity contribution is 6.42. The fourth-order valence-electron chi connectivity index (χ4n) is 1.36. The van der Waals surface area contributed by atoms with Crippen LogP contribution in [0.15, 0.2) is 18.2 Å². The molecule has 0 heterocycles. The topological polar surface area (TPSA) is 58.2 Å². The van der Waals surface area contributed by atoms with Crippen molar-refractivity contribution < 1.29 is 9.59 Å². The number of carbonyl (C=O) groups excluding carboxylic acids is 2. The van der Waals surface area contributed by atoms with Gasteiger partial charge < -0.3 is 10.6 Å². The molecule has 0 bridgehead atoms. The van der Waals surface area contributed by atoms with E-state index in [9.17, 15) is 9.59 Å². The van der Waals surface area contributed by atoms with Gasteiger partial charge in [0.25, 0.3) is 5.91 Å². The lowest BCUT2D eigenvalue weighted by molar-refractivity contribution is -0.128. The fraction of sp³-hybridized carbons (Fsp3) is 0.429. The number of hydrogen-bond acceptors (Lipinski definition) is 2. The summed E-state index contributed by atoms with van der Waals surface area (Å²) in [5, 5.41) is 6.18. The van der Waals surface area contributed by atoms with Crippen LogP contribution in [0.4, 0.5) is 0 Å². The Morgan fingerprint density at radius 2 is 1.65 bits per heavy atom. The maximum atomic E-state index is 11.8. The molecule has 0 unspecified atom stereocenters. The Morgan fingerprint density at radius 3 is 2.20 bits per heavy atom. The van der Waals surface area contributed by atoms with Crippen LogP contribution in [0.1, 0.15) is 31.1 Å². The quantitative estimate of drug-likeness (QED) is 0.839. The smallest absolute Gasteiger partial charge is 0.251 e. The van der Waals surface area contributed by atoms with Crippen molar-refractivity contribution in [3.05, 3.63) is 33.8 Å². The number of nitrogens with one attached hydrogen (secondary N) is 2. The molecule has 110 valence electrons. The lowest BCUT2D eigenvalue weighted by Crippen LogP contribution is -2.39. The summed E-state index contributed by atoms with van der Waals surface area (Å²) >= 11 is 11.6. The molecule has 0 saturated carbocycles. The predicted octanol–water partition coefficient (Wildman–Crippen LogP) is 2.89. The average molecular weight is 317 g/mol. The SMILES string of the molecule is CC(C)(C)C(=O)NCCNC(=O)c1ccc(Cl)c(Cl)c1. The molecule has 0 saturated heterocycles. The van der Waals surface area contributed by atoms with Gasteiger partial charge in [0, 0.05) is 24.1 Å². The number of amides is 2. The Labute approximate surface area is 128 Å². The van der Waals surface area contributed by atoms with E-state index in [4.69, 9.17) is 23.2 Å². The van der Waals surface area contributed by atoms with E-state index < -0.39 is 5.41 Å². The predicted molar refractivity (Wildman–Crippen MR) is 81.3 cm³/mol. The molecule has 1 aromatic rings. The maximum absolute atomic E-state index is 11.8. The molecule has 0 aromatic heterocycles. The normalized spacial score (nSPS) is 11.1. The number of benzene rings is 1. The number of halogens is 2. The van der Waals surface area contributed by atoms with Gasteiger partial charge in [0.05, 0.1) is 10.0 Å². The van der Waals surface area contributed by atoms with Crippen molar-refractivity contribution in [3.63, 3.8) is 0 Å². The number of carbonyl (C=O) groups is 2. The van der Waals surface area contributed by atoms with Crippen LogP contribution in [0.2, 0.25) is 10.0 Å². The minimum Gasteiger partial charge on any atom is -0.354 e. The minimum atomic E-state index is -0.437. The Morgan fingerprint density at radius 1 is 1.05 bits per heavy atom. The molecule has 0 fully saturated rings. The Hall–Kier alpha value is -1.26. The van der Waals surface area contributed by atoms with Gasteiger partial charge in [0.15, 0.2) is 0 Å². The molecule has 6 heteroatoms. The van der Waals surface area contributed by atoms with Gasteiger partial charge in [-0.15, -0.1) is 0 Å². The van der Waals surface area contributed by atoms with Crippen LogP contribution < -0.4 is 10.6 Å². The van der Waals surface area contributed by atoms with Gasteiger partial charge >= 0.3 is 0 Å². The molecule has 0 spiro atoms. The first-order valence-corrected chi connectivity index (χ1v) is 6.99. The third-order valence-electron chi connectivity index (χ3n) is 2.56. The first-order valence-electron chi connectivity index (χ1n) is 6.23. The zero-order valence-corrected chi connectivity index (χ0v) is 13.2. The summed E-state index contributed by atoms with van der Waals surface area (Å²) in [4.78, 5) is 23.4. The standard InChI is InChI=1S/C14H18Cl2N2O2/c1-14(2,3)13(20)18-7-6-17-12(19)9-4-5-10(15)11(16)8-9/h4-5,8H,6-7H2,1-3H3,(H,17,19)(H,18,20). The first kappa shape index (κ1) is 16.8. The van der Waals surface area contributed by atoms with E-state index in [1.807, 2.05) is 20.8 Å². The Bertz CT molecular complexity index is 510. The van der Waals surface area contributed by atoms with Gasteiger partial charge in [-0.2, -0.15) is 0 Å². The molecule has 0 radical (unpaired) electrons. The average Bonchev–Trinajstić information content (AvgIpc) is 2.36. The summed E-state index contributed by atoms with van der Waals surface area (Å²) in [5.74, 6) is -0.310. The van der Waals surface area contributed by atoms with E-state index in [-0.39, 0.29) is 11.8 Å². The second kappa shape index (κ2) is 6.95. The highest BCUT2D eigenvalue weighted by atomic mass is 35.5. The summed E-state index contributed by atoms with van der Waals surface area (Å²) in [6.07, 6.45) is 0. The third-order valence-corrected chi connectivity index (χ3v) is 3.30. The van der Waals surface area contributed by atoms with Gasteiger partial charge in [0.1, 0.15) is 0 Å². The summed E-state index contributed by atoms with van der Waals surface area (Å²) < 4.78 is 0. The number of rotatable bonds is 4. The van der Waals surface area contributed by atoms with Crippen molar-refractivity contribution in [1.82, 2.24) is 10.6 Å². The van der Waals surface area contributed by atoms with Gasteiger partial charge in [-0.3, -0.25) is 9.59 Å². The molecule has 0 aliphatic rings. The van der Waals surface area contributed by atoms with Gasteiger partial charge in [-0.05, 0) is 18.2 Å². The second-order valence-corrected chi connectivity index (χ2v) is 6.21. The van der Waals surface area contributed by atoms with Crippen LogP contribution in [-0.4, -0.2) is 24.9 Å². The van der Waals surface area contributed by atoms with E-state index in [0.29, 0.717) is 28.7 Å². The minimum absolute atomic E-state index is 0.0544. The molecular formula is C14H18Cl2N2O2. The van der Waals surface area contributed by atoms with Crippen LogP contribution >= 0.6 is 23.2 Å². The zero-order valence-electron chi connectivity index (χ0n) is 11.7. The van der Waals surface area contributed by atoms with Gasteiger partial charge in [-0.25, -0.2) is 0 Å². The zero-order chi connectivity index (χ0) is 15.3. The monoisotopic (exact) mass is 316 g/mol. The summed E-state index contributed by atoms with van der Waals surface area (Å²) in [6, 6.07) is 4.67. The highest BCUT2D eigenvalue weighted by Crippen LogP contribution is 2.22. The number of hydrogen-bond donors (Lipinski definition) is 2. The first-order chi connectivity index (χ1) is 9.21. The van der Waals surface area contributed by atoms with Crippen molar-refractivity contribution in [2.45, 2.75) is 20.8 Å². The van der Waals surface area contributed by atoms with E-state index in [1.165, 1.54) is 6.07 Å². The molecule has 0 atom stereocenters. The van der Waals surface area contributed by atoms with E-state index in [0.717, 1.165) is 0 Å². The van der Waals surface area contributed by atoms with Crippen LogP contribution in [0.25, 0.3) is 0 Å². The molecule has 0 aliphatic heterocycles. The maximum Gasteiger partial charge on any atom is 0.251 e. The summed E-state index contributed by atoms with van der Waals surface area (Å²) in [7, 11) is 0. The van der Waals surface area contributed by atoms with E-state index in [1.54, 1.807) is 12.1 Å². The van der Waals surface area contributed by atoms with Gasteiger partial charge in [0.2, 0.25) is 5.91 Å². The molecule has 0 aliphatic carbocycles. The van der Waals surface area contributed by atoms with Crippen molar-refractivity contribution in [1.29, 1.82) is 0 Å². The second-order valence-electron chi connectivity index (χ2n) is 5.39. The fourth-order valence-corrected chi connectivity index (χ4v) is 1.65.